The Hall–Kier alpha value is -4.12. The van der Waals surface area contributed by atoms with Crippen molar-refractivity contribution in [2.45, 2.75) is 51.0 Å². The first-order chi connectivity index (χ1) is 18.5. The Morgan fingerprint density at radius 2 is 1.74 bits per heavy atom. The van der Waals surface area contributed by atoms with Crippen molar-refractivity contribution in [2.24, 2.45) is 0 Å². The van der Waals surface area contributed by atoms with Crippen LogP contribution in [0.5, 0.6) is 0 Å². The number of hydrogen-bond donors (Lipinski definition) is 1. The van der Waals surface area contributed by atoms with E-state index in [1.807, 2.05) is 41.3 Å². The molecule has 5 heteroatoms. The highest BCUT2D eigenvalue weighted by molar-refractivity contribution is 5.94. The number of carbonyl (C=O) groups excluding carboxylic acids is 1. The van der Waals surface area contributed by atoms with Gasteiger partial charge in [0.25, 0.3) is 5.91 Å². The molecular formula is C33H31NO4. The monoisotopic (exact) mass is 505 g/mol. The second-order valence-electron chi connectivity index (χ2n) is 10.4. The van der Waals surface area contributed by atoms with E-state index in [1.165, 1.54) is 5.56 Å². The molecule has 4 aromatic rings. The summed E-state index contributed by atoms with van der Waals surface area (Å²) < 4.78 is 6.10. The maximum Gasteiger partial charge on any atom is 0.304 e. The van der Waals surface area contributed by atoms with Gasteiger partial charge in [-0.15, -0.1) is 0 Å². The molecule has 1 N–H and O–H groups in total. The maximum atomic E-state index is 13.3. The molecule has 0 fully saturated rings. The van der Waals surface area contributed by atoms with E-state index >= 15 is 0 Å². The van der Waals surface area contributed by atoms with Gasteiger partial charge in [0, 0.05) is 36.4 Å². The van der Waals surface area contributed by atoms with Crippen LogP contribution in [-0.4, -0.2) is 28.4 Å². The zero-order valence-electron chi connectivity index (χ0n) is 21.4. The number of amides is 1. The number of carboxylic acid groups (broad SMARTS) is 1. The minimum atomic E-state index is -0.837. The van der Waals surface area contributed by atoms with Gasteiger partial charge in [-0.05, 0) is 83.8 Å². The van der Waals surface area contributed by atoms with Crippen molar-refractivity contribution in [2.75, 3.05) is 6.54 Å². The first kappa shape index (κ1) is 24.2. The molecule has 38 heavy (non-hydrogen) atoms. The van der Waals surface area contributed by atoms with Gasteiger partial charge in [0.05, 0.1) is 6.42 Å². The van der Waals surface area contributed by atoms with Gasteiger partial charge in [0.1, 0.15) is 11.3 Å². The standard InChI is InChI=1S/C33H31NO4/c35-32(36)20-30-25-12-11-23-15-16-34(21-28(23)18-25)33(37)24-9-7-22(8-10-24)5-3-1-2-4-6-29-19-27-17-26(30)13-14-31(27)38-29/h3,5,7-14,17-19,30H,1-2,4,6,15-16,20-21H2,(H,35,36)/b5-3+. The van der Waals surface area contributed by atoms with E-state index in [2.05, 4.69) is 42.5 Å². The van der Waals surface area contributed by atoms with Crippen LogP contribution >= 0.6 is 0 Å². The van der Waals surface area contributed by atoms with E-state index in [-0.39, 0.29) is 18.2 Å². The maximum absolute atomic E-state index is 13.3. The summed E-state index contributed by atoms with van der Waals surface area (Å²) in [5, 5.41) is 10.8. The van der Waals surface area contributed by atoms with Crippen LogP contribution in [0.15, 0.2) is 77.2 Å². The fourth-order valence-corrected chi connectivity index (χ4v) is 5.73. The molecule has 192 valence electrons. The van der Waals surface area contributed by atoms with Crippen LogP contribution in [0.1, 0.15) is 75.5 Å². The summed E-state index contributed by atoms with van der Waals surface area (Å²) in [6.07, 6.45) is 9.03. The van der Waals surface area contributed by atoms with Crippen molar-refractivity contribution < 1.29 is 19.1 Å². The molecule has 0 saturated heterocycles. The number of benzene rings is 3. The van der Waals surface area contributed by atoms with Crippen LogP contribution in [-0.2, 0) is 24.2 Å². The van der Waals surface area contributed by atoms with Crippen molar-refractivity contribution >= 4 is 28.9 Å². The predicted molar refractivity (Wildman–Crippen MR) is 148 cm³/mol. The molecule has 4 heterocycles. The Balaban J connectivity index is 1.40. The van der Waals surface area contributed by atoms with E-state index in [1.54, 1.807) is 0 Å². The van der Waals surface area contributed by atoms with E-state index in [9.17, 15) is 14.7 Å². The summed E-state index contributed by atoms with van der Waals surface area (Å²) >= 11 is 0. The number of nitrogens with zero attached hydrogens (tertiary/aromatic N) is 1. The van der Waals surface area contributed by atoms with Gasteiger partial charge >= 0.3 is 5.97 Å². The minimum absolute atomic E-state index is 0.00247. The lowest BCUT2D eigenvalue weighted by atomic mass is 9.85. The summed E-state index contributed by atoms with van der Waals surface area (Å²) in [6, 6.07) is 22.2. The Bertz CT molecular complexity index is 1530. The Morgan fingerprint density at radius 1 is 0.921 bits per heavy atom. The number of fused-ring (bicyclic) bond motifs is 6. The average Bonchev–Trinajstić information content (AvgIpc) is 3.34. The van der Waals surface area contributed by atoms with Gasteiger partial charge in [0.2, 0.25) is 0 Å². The molecule has 0 saturated carbocycles. The molecule has 3 aliphatic rings. The summed E-state index contributed by atoms with van der Waals surface area (Å²) in [7, 11) is 0. The molecule has 5 nitrogen and oxygen atoms in total. The Kier molecular flexibility index (Phi) is 6.59. The van der Waals surface area contributed by atoms with Crippen LogP contribution in [0.2, 0.25) is 0 Å². The molecule has 0 spiro atoms. The molecular weight excluding hydrogens is 474 g/mol. The SMILES string of the molecule is O=C(O)CC1c2ccc3c(c2)CN(CC3)C(=O)c2ccc(cc2)/C=C/CCCCc2cc3cc1ccc3o2. The topological polar surface area (TPSA) is 70.8 Å². The summed E-state index contributed by atoms with van der Waals surface area (Å²) in [5.74, 6) is -0.130. The zero-order valence-corrected chi connectivity index (χ0v) is 21.4. The van der Waals surface area contributed by atoms with Gasteiger partial charge in [-0.25, -0.2) is 0 Å². The third-order valence-electron chi connectivity index (χ3n) is 7.82. The second kappa shape index (κ2) is 10.3. The molecule has 0 aliphatic carbocycles. The summed E-state index contributed by atoms with van der Waals surface area (Å²) in [5.41, 5.74) is 6.85. The van der Waals surface area contributed by atoms with Gasteiger partial charge in [-0.3, -0.25) is 9.59 Å². The van der Waals surface area contributed by atoms with Crippen molar-refractivity contribution in [3.8, 4) is 0 Å². The van der Waals surface area contributed by atoms with Crippen LogP contribution < -0.4 is 0 Å². The molecule has 1 aromatic heterocycles. The Morgan fingerprint density at radius 3 is 2.58 bits per heavy atom. The quantitative estimate of drug-likeness (QED) is 0.319. The van der Waals surface area contributed by atoms with Crippen molar-refractivity contribution in [1.82, 2.24) is 4.90 Å². The number of furan rings is 1. The number of carboxylic acids is 1. The number of rotatable bonds is 2. The van der Waals surface area contributed by atoms with Crippen LogP contribution in [0.3, 0.4) is 0 Å². The molecule has 0 radical (unpaired) electrons. The fraction of sp³-hybridized carbons (Fsp3) is 0.273. The molecule has 1 unspecified atom stereocenters. The first-order valence-corrected chi connectivity index (χ1v) is 13.5. The normalized spacial score (nSPS) is 18.6. The molecule has 3 aliphatic heterocycles. The van der Waals surface area contributed by atoms with Gasteiger partial charge in [-0.1, -0.05) is 48.6 Å². The number of hydrogen-bond acceptors (Lipinski definition) is 3. The van der Waals surface area contributed by atoms with E-state index < -0.39 is 5.97 Å². The molecule has 7 rings (SSSR count). The molecule has 1 amide bonds. The highest BCUT2D eigenvalue weighted by Gasteiger charge is 2.25. The smallest absolute Gasteiger partial charge is 0.304 e. The molecule has 3 aromatic carbocycles. The summed E-state index contributed by atoms with van der Waals surface area (Å²) in [6.45, 7) is 1.19. The van der Waals surface area contributed by atoms with Crippen LogP contribution in [0.25, 0.3) is 17.0 Å². The zero-order chi connectivity index (χ0) is 26.1. The van der Waals surface area contributed by atoms with Crippen molar-refractivity contribution in [3.63, 3.8) is 0 Å². The summed E-state index contributed by atoms with van der Waals surface area (Å²) in [4.78, 5) is 27.1. The first-order valence-electron chi connectivity index (χ1n) is 13.5. The Labute approximate surface area is 222 Å². The predicted octanol–water partition coefficient (Wildman–Crippen LogP) is 6.98. The van der Waals surface area contributed by atoms with E-state index in [4.69, 9.17) is 4.42 Å². The van der Waals surface area contributed by atoms with Crippen LogP contribution in [0.4, 0.5) is 0 Å². The van der Waals surface area contributed by atoms with Gasteiger partial charge in [-0.2, -0.15) is 0 Å². The third-order valence-corrected chi connectivity index (χ3v) is 7.82. The molecule has 1 atom stereocenters. The minimum Gasteiger partial charge on any atom is -0.481 e. The van der Waals surface area contributed by atoms with E-state index in [0.29, 0.717) is 18.7 Å². The number of aryl methyl sites for hydroxylation is 1. The number of aliphatic carboxylic acids is 1. The number of allylic oxidation sites excluding steroid dienone is 1. The largest absolute Gasteiger partial charge is 0.481 e. The van der Waals surface area contributed by atoms with E-state index in [0.717, 1.165) is 71.1 Å². The molecule has 8 bridgehead atoms. The van der Waals surface area contributed by atoms with Gasteiger partial charge in [0.15, 0.2) is 0 Å². The van der Waals surface area contributed by atoms with Crippen molar-refractivity contribution in [3.05, 3.63) is 112 Å². The van der Waals surface area contributed by atoms with Crippen LogP contribution in [0, 0.1) is 0 Å². The highest BCUT2D eigenvalue weighted by atomic mass is 16.4. The lowest BCUT2D eigenvalue weighted by molar-refractivity contribution is -0.137. The van der Waals surface area contributed by atoms with Gasteiger partial charge < -0.3 is 14.4 Å². The van der Waals surface area contributed by atoms with Crippen molar-refractivity contribution in [1.29, 1.82) is 0 Å². The number of carbonyl (C=O) groups is 2. The second-order valence-corrected chi connectivity index (χ2v) is 10.4. The average molecular weight is 506 g/mol. The third kappa shape index (κ3) is 5.01. The highest BCUT2D eigenvalue weighted by Crippen LogP contribution is 2.34. The lowest BCUT2D eigenvalue weighted by Gasteiger charge is -2.30. The lowest BCUT2D eigenvalue weighted by Crippen LogP contribution is -2.36. The fourth-order valence-electron chi connectivity index (χ4n) is 5.73.